The average molecular weight is 411 g/mol. The molecule has 1 fully saturated rings. The highest BCUT2D eigenvalue weighted by Gasteiger charge is 2.34. The van der Waals surface area contributed by atoms with Gasteiger partial charge in [-0.2, -0.15) is 0 Å². The number of amides is 2. The molecule has 0 bridgehead atoms. The lowest BCUT2D eigenvalue weighted by atomic mass is 10.1. The summed E-state index contributed by atoms with van der Waals surface area (Å²) in [5.41, 5.74) is 1.20. The molecule has 1 heterocycles. The van der Waals surface area contributed by atoms with Gasteiger partial charge in [0.25, 0.3) is 0 Å². The molecular formula is C25H34N2O3. The first-order chi connectivity index (χ1) is 14.6. The summed E-state index contributed by atoms with van der Waals surface area (Å²) < 4.78 is 5.72. The van der Waals surface area contributed by atoms with Crippen LogP contribution in [-0.2, 0) is 22.6 Å². The molecule has 0 aliphatic heterocycles. The summed E-state index contributed by atoms with van der Waals surface area (Å²) in [5.74, 6) is 1.74. The van der Waals surface area contributed by atoms with Gasteiger partial charge in [-0.1, -0.05) is 50.1 Å². The van der Waals surface area contributed by atoms with E-state index in [0.29, 0.717) is 19.5 Å². The second-order valence-corrected chi connectivity index (χ2v) is 8.27. The van der Waals surface area contributed by atoms with Crippen molar-refractivity contribution in [1.82, 2.24) is 9.80 Å². The van der Waals surface area contributed by atoms with Crippen molar-refractivity contribution in [2.75, 3.05) is 13.1 Å². The first kappa shape index (κ1) is 22.1. The molecule has 2 amide bonds. The second kappa shape index (κ2) is 11.0. The summed E-state index contributed by atoms with van der Waals surface area (Å²) in [5, 5.41) is 0. The largest absolute Gasteiger partial charge is 0.464 e. The Morgan fingerprint density at radius 1 is 1.03 bits per heavy atom. The van der Waals surface area contributed by atoms with Gasteiger partial charge in [0.15, 0.2) is 0 Å². The summed E-state index contributed by atoms with van der Waals surface area (Å²) in [6, 6.07) is 14.3. The van der Waals surface area contributed by atoms with Crippen molar-refractivity contribution in [3.63, 3.8) is 0 Å². The molecule has 162 valence electrons. The summed E-state index contributed by atoms with van der Waals surface area (Å²) in [6.07, 6.45) is 6.38. The lowest BCUT2D eigenvalue weighted by Crippen LogP contribution is -2.44. The summed E-state index contributed by atoms with van der Waals surface area (Å²) in [6.45, 7) is 5.24. The van der Waals surface area contributed by atoms with Gasteiger partial charge in [0.2, 0.25) is 11.8 Å². The lowest BCUT2D eigenvalue weighted by molar-refractivity contribution is -0.141. The molecule has 1 aliphatic rings. The van der Waals surface area contributed by atoms with Gasteiger partial charge in [0, 0.05) is 19.0 Å². The molecular weight excluding hydrogens is 376 g/mol. The quantitative estimate of drug-likeness (QED) is 0.475. The number of carbonyl (C=O) groups excluding carboxylic acids is 2. The molecule has 3 rings (SSSR count). The Bertz CT molecular complexity index is 811. The minimum Gasteiger partial charge on any atom is -0.464 e. The Hall–Kier alpha value is -2.56. The predicted octanol–water partition coefficient (Wildman–Crippen LogP) is 4.73. The molecule has 1 aliphatic carbocycles. The van der Waals surface area contributed by atoms with Crippen LogP contribution >= 0.6 is 0 Å². The third-order valence-electron chi connectivity index (χ3n) is 5.62. The fourth-order valence-corrected chi connectivity index (χ4v) is 3.68. The van der Waals surface area contributed by atoms with E-state index in [2.05, 4.69) is 19.1 Å². The fourth-order valence-electron chi connectivity index (χ4n) is 3.68. The van der Waals surface area contributed by atoms with Crippen molar-refractivity contribution < 1.29 is 14.0 Å². The molecule has 30 heavy (non-hydrogen) atoms. The van der Waals surface area contributed by atoms with E-state index in [1.54, 1.807) is 0 Å². The Morgan fingerprint density at radius 2 is 1.80 bits per heavy atom. The Labute approximate surface area is 180 Å². The molecule has 0 N–H and O–H groups in total. The molecule has 5 nitrogen and oxygen atoms in total. The molecule has 1 saturated carbocycles. The molecule has 2 aromatic rings. The van der Waals surface area contributed by atoms with Gasteiger partial charge in [-0.25, -0.2) is 0 Å². The van der Waals surface area contributed by atoms with Crippen LogP contribution in [0.25, 0.3) is 0 Å². The van der Waals surface area contributed by atoms with Crippen LogP contribution in [0.1, 0.15) is 62.5 Å². The molecule has 0 radical (unpaired) electrons. The van der Waals surface area contributed by atoms with Gasteiger partial charge >= 0.3 is 0 Å². The molecule has 5 heteroatoms. The number of unbranched alkanes of at least 4 members (excludes halogenated alkanes) is 2. The van der Waals surface area contributed by atoms with Gasteiger partial charge < -0.3 is 14.2 Å². The van der Waals surface area contributed by atoms with Gasteiger partial charge in [0.1, 0.15) is 18.1 Å². The maximum atomic E-state index is 13.2. The number of hydrogen-bond acceptors (Lipinski definition) is 3. The third kappa shape index (κ3) is 6.75. The van der Waals surface area contributed by atoms with Crippen molar-refractivity contribution in [2.45, 2.75) is 71.4 Å². The number of nitrogens with zero attached hydrogens (tertiary/aromatic N) is 2. The second-order valence-electron chi connectivity index (χ2n) is 8.27. The zero-order valence-electron chi connectivity index (χ0n) is 18.3. The first-order valence-corrected chi connectivity index (χ1v) is 11.2. The highest BCUT2D eigenvalue weighted by molar-refractivity contribution is 5.85. The van der Waals surface area contributed by atoms with E-state index in [1.165, 1.54) is 5.56 Å². The molecule has 0 saturated heterocycles. The van der Waals surface area contributed by atoms with E-state index in [1.807, 2.05) is 47.1 Å². The van der Waals surface area contributed by atoms with Gasteiger partial charge in [0.05, 0.1) is 6.54 Å². The fraction of sp³-hybridized carbons (Fsp3) is 0.520. The summed E-state index contributed by atoms with van der Waals surface area (Å²) >= 11 is 0. The standard InChI is InChI=1S/C25H34N2O3/c1-3-4-6-11-24(28)27(22-13-14-22)19-25(29)26(18-23-15-12-20(2)30-23)17-16-21-9-7-5-8-10-21/h5,7-10,12,15,22H,3-4,6,11,13-14,16-19H2,1-2H3. The molecule has 0 atom stereocenters. The van der Waals surface area contributed by atoms with Crippen LogP contribution < -0.4 is 0 Å². The Morgan fingerprint density at radius 3 is 2.43 bits per heavy atom. The van der Waals surface area contributed by atoms with Crippen molar-refractivity contribution in [1.29, 1.82) is 0 Å². The van der Waals surface area contributed by atoms with Gasteiger partial charge in [-0.15, -0.1) is 0 Å². The maximum absolute atomic E-state index is 13.2. The summed E-state index contributed by atoms with van der Waals surface area (Å²) in [7, 11) is 0. The van der Waals surface area contributed by atoms with Crippen LogP contribution in [0.4, 0.5) is 0 Å². The zero-order chi connectivity index (χ0) is 21.3. The molecule has 0 spiro atoms. The van der Waals surface area contributed by atoms with E-state index in [0.717, 1.165) is 50.0 Å². The lowest BCUT2D eigenvalue weighted by Gasteiger charge is -2.27. The molecule has 1 aromatic carbocycles. The van der Waals surface area contributed by atoms with Gasteiger partial charge in [-0.05, 0) is 50.3 Å². The normalized spacial score (nSPS) is 13.3. The number of hydrogen-bond donors (Lipinski definition) is 0. The van der Waals surface area contributed by atoms with E-state index < -0.39 is 0 Å². The number of furan rings is 1. The third-order valence-corrected chi connectivity index (χ3v) is 5.62. The minimum atomic E-state index is -0.00396. The maximum Gasteiger partial charge on any atom is 0.242 e. The molecule has 0 unspecified atom stereocenters. The summed E-state index contributed by atoms with van der Waals surface area (Å²) in [4.78, 5) is 29.6. The highest BCUT2D eigenvalue weighted by Crippen LogP contribution is 2.28. The number of aryl methyl sites for hydroxylation is 1. The predicted molar refractivity (Wildman–Crippen MR) is 118 cm³/mol. The van der Waals surface area contributed by atoms with Crippen LogP contribution in [-0.4, -0.2) is 40.7 Å². The van der Waals surface area contributed by atoms with Crippen LogP contribution in [0.15, 0.2) is 46.9 Å². The Balaban J connectivity index is 1.65. The highest BCUT2D eigenvalue weighted by atomic mass is 16.3. The van der Waals surface area contributed by atoms with Crippen molar-refractivity contribution in [3.8, 4) is 0 Å². The van der Waals surface area contributed by atoms with E-state index in [9.17, 15) is 9.59 Å². The van der Waals surface area contributed by atoms with Crippen LogP contribution in [0.5, 0.6) is 0 Å². The minimum absolute atomic E-state index is 0.00396. The van der Waals surface area contributed by atoms with Gasteiger partial charge in [-0.3, -0.25) is 9.59 Å². The topological polar surface area (TPSA) is 53.8 Å². The number of benzene rings is 1. The Kier molecular flexibility index (Phi) is 8.12. The van der Waals surface area contributed by atoms with Crippen LogP contribution in [0, 0.1) is 6.92 Å². The van der Waals surface area contributed by atoms with Crippen molar-refractivity contribution in [3.05, 3.63) is 59.5 Å². The first-order valence-electron chi connectivity index (χ1n) is 11.2. The van der Waals surface area contributed by atoms with Crippen molar-refractivity contribution in [2.24, 2.45) is 0 Å². The monoisotopic (exact) mass is 410 g/mol. The SMILES string of the molecule is CCCCCC(=O)N(CC(=O)N(CCc1ccccc1)Cc1ccc(C)o1)C1CC1. The van der Waals surface area contributed by atoms with E-state index >= 15 is 0 Å². The van der Waals surface area contributed by atoms with Crippen LogP contribution in [0.2, 0.25) is 0 Å². The number of carbonyl (C=O) groups is 2. The van der Waals surface area contributed by atoms with E-state index in [4.69, 9.17) is 4.42 Å². The van der Waals surface area contributed by atoms with Crippen LogP contribution in [0.3, 0.4) is 0 Å². The van der Waals surface area contributed by atoms with E-state index in [-0.39, 0.29) is 24.4 Å². The zero-order valence-corrected chi connectivity index (χ0v) is 18.3. The smallest absolute Gasteiger partial charge is 0.242 e. The molecule has 1 aromatic heterocycles. The van der Waals surface area contributed by atoms with Crippen molar-refractivity contribution >= 4 is 11.8 Å². The number of rotatable bonds is 12. The average Bonchev–Trinajstić information content (AvgIpc) is 3.51.